The van der Waals surface area contributed by atoms with Crippen LogP contribution in [0.5, 0.6) is 0 Å². The van der Waals surface area contributed by atoms with Gasteiger partial charge < -0.3 is 9.64 Å². The summed E-state index contributed by atoms with van der Waals surface area (Å²) in [6.07, 6.45) is 1.14. The van der Waals surface area contributed by atoms with E-state index >= 15 is 0 Å². The zero-order valence-electron chi connectivity index (χ0n) is 12.2. The Kier molecular flexibility index (Phi) is 3.92. The number of hydrogen-bond donors (Lipinski definition) is 1. The Hall–Kier alpha value is -1.15. The van der Waals surface area contributed by atoms with Crippen molar-refractivity contribution in [1.29, 1.82) is 0 Å². The summed E-state index contributed by atoms with van der Waals surface area (Å²) in [4.78, 5) is 4.92. The minimum atomic E-state index is -3.63. The lowest BCUT2D eigenvalue weighted by atomic mass is 10.2. The Bertz CT molecular complexity index is 626. The van der Waals surface area contributed by atoms with Gasteiger partial charge in [-0.1, -0.05) is 0 Å². The molecular formula is C14H21N3O3S. The second kappa shape index (κ2) is 5.57. The van der Waals surface area contributed by atoms with Crippen molar-refractivity contribution in [3.8, 4) is 0 Å². The highest BCUT2D eigenvalue weighted by Gasteiger charge is 2.28. The van der Waals surface area contributed by atoms with Crippen molar-refractivity contribution >= 4 is 15.7 Å². The van der Waals surface area contributed by atoms with Crippen molar-refractivity contribution in [3.05, 3.63) is 23.8 Å². The summed E-state index contributed by atoms with van der Waals surface area (Å²) >= 11 is 0. The van der Waals surface area contributed by atoms with Crippen molar-refractivity contribution < 1.29 is 13.2 Å². The lowest BCUT2D eigenvalue weighted by Gasteiger charge is -2.38. The summed E-state index contributed by atoms with van der Waals surface area (Å²) in [5.74, 6) is 0. The molecule has 1 aromatic rings. The van der Waals surface area contributed by atoms with Crippen LogP contribution in [-0.4, -0.2) is 52.3 Å². The summed E-state index contributed by atoms with van der Waals surface area (Å²) in [6.45, 7) is 6.51. The number of morpholine rings is 1. The third-order valence-electron chi connectivity index (χ3n) is 4.34. The van der Waals surface area contributed by atoms with Gasteiger partial charge in [-0.2, -0.15) is 0 Å². The van der Waals surface area contributed by atoms with Crippen LogP contribution in [0.2, 0.25) is 0 Å². The molecule has 2 aliphatic heterocycles. The number of fused-ring (bicyclic) bond motifs is 1. The third-order valence-corrected chi connectivity index (χ3v) is 5.25. The quantitative estimate of drug-likeness (QED) is 0.873. The van der Waals surface area contributed by atoms with E-state index in [-0.39, 0.29) is 11.1 Å². The van der Waals surface area contributed by atoms with Crippen molar-refractivity contribution in [2.75, 3.05) is 37.7 Å². The van der Waals surface area contributed by atoms with Gasteiger partial charge in [-0.25, -0.2) is 13.6 Å². The molecular weight excluding hydrogens is 290 g/mol. The fraction of sp³-hybridized carbons (Fsp3) is 0.571. The van der Waals surface area contributed by atoms with Crippen molar-refractivity contribution in [3.63, 3.8) is 0 Å². The predicted molar refractivity (Wildman–Crippen MR) is 80.7 cm³/mol. The molecule has 1 atom stereocenters. The number of sulfonamides is 1. The van der Waals surface area contributed by atoms with E-state index in [0.29, 0.717) is 0 Å². The van der Waals surface area contributed by atoms with Gasteiger partial charge in [-0.05, 0) is 37.1 Å². The number of nitrogens with two attached hydrogens (primary N) is 1. The number of benzene rings is 1. The Balaban J connectivity index is 1.83. The maximum atomic E-state index is 11.4. The van der Waals surface area contributed by atoms with Gasteiger partial charge in [0.25, 0.3) is 0 Å². The lowest BCUT2D eigenvalue weighted by molar-refractivity contribution is 0.0199. The van der Waals surface area contributed by atoms with Gasteiger partial charge in [0.1, 0.15) is 0 Å². The topological polar surface area (TPSA) is 75.9 Å². The molecule has 2 N–H and O–H groups in total. The number of nitrogens with zero attached hydrogens (tertiary/aromatic N) is 2. The van der Waals surface area contributed by atoms with E-state index in [1.165, 1.54) is 0 Å². The van der Waals surface area contributed by atoms with Crippen LogP contribution < -0.4 is 10.0 Å². The highest BCUT2D eigenvalue weighted by Crippen LogP contribution is 2.32. The van der Waals surface area contributed by atoms with E-state index in [1.54, 1.807) is 12.1 Å². The highest BCUT2D eigenvalue weighted by atomic mass is 32.2. The molecule has 0 aromatic heterocycles. The molecule has 2 aliphatic rings. The van der Waals surface area contributed by atoms with Crippen LogP contribution in [0.4, 0.5) is 5.69 Å². The molecule has 1 fully saturated rings. The predicted octanol–water partition coefficient (Wildman–Crippen LogP) is 0.375. The molecule has 6 nitrogen and oxygen atoms in total. The summed E-state index contributed by atoms with van der Waals surface area (Å²) in [6, 6.07) is 5.17. The molecule has 21 heavy (non-hydrogen) atoms. The van der Waals surface area contributed by atoms with Crippen LogP contribution in [0.15, 0.2) is 23.1 Å². The third kappa shape index (κ3) is 2.91. The van der Waals surface area contributed by atoms with E-state index in [9.17, 15) is 8.42 Å². The molecule has 0 radical (unpaired) electrons. The van der Waals surface area contributed by atoms with Crippen molar-refractivity contribution in [1.82, 2.24) is 4.90 Å². The van der Waals surface area contributed by atoms with Crippen LogP contribution in [0.1, 0.15) is 12.5 Å². The van der Waals surface area contributed by atoms with Gasteiger partial charge in [0.2, 0.25) is 10.0 Å². The fourth-order valence-electron chi connectivity index (χ4n) is 3.12. The standard InChI is InChI=1S/C14H21N3O3S/c1-11(16-6-8-20-9-7-16)17-5-4-12-10-13(21(15,18)19)2-3-14(12)17/h2-3,10-11H,4-9H2,1H3,(H2,15,18,19). The molecule has 2 heterocycles. The lowest BCUT2D eigenvalue weighted by Crippen LogP contribution is -2.50. The molecule has 1 unspecified atom stereocenters. The minimum Gasteiger partial charge on any atom is -0.379 e. The second-order valence-corrected chi connectivity index (χ2v) is 7.12. The number of primary sulfonamides is 1. The van der Waals surface area contributed by atoms with Crippen molar-refractivity contribution in [2.45, 2.75) is 24.4 Å². The molecule has 7 heteroatoms. The molecule has 0 spiro atoms. The van der Waals surface area contributed by atoms with Crippen LogP contribution in [-0.2, 0) is 21.2 Å². The van der Waals surface area contributed by atoms with Crippen molar-refractivity contribution in [2.24, 2.45) is 5.14 Å². The number of anilines is 1. The Labute approximate surface area is 125 Å². The second-order valence-electron chi connectivity index (χ2n) is 5.56. The first-order valence-corrected chi connectivity index (χ1v) is 8.75. The summed E-state index contributed by atoms with van der Waals surface area (Å²) < 4.78 is 28.3. The van der Waals surface area contributed by atoms with E-state index in [0.717, 1.165) is 50.5 Å². The zero-order valence-corrected chi connectivity index (χ0v) is 13.0. The minimum absolute atomic E-state index is 0.196. The first-order chi connectivity index (χ1) is 9.97. The molecule has 0 saturated carbocycles. The van der Waals surface area contributed by atoms with E-state index in [1.807, 2.05) is 6.07 Å². The summed E-state index contributed by atoms with van der Waals surface area (Å²) in [5, 5.41) is 5.20. The van der Waals surface area contributed by atoms with Crippen LogP contribution in [0, 0.1) is 0 Å². The van der Waals surface area contributed by atoms with Gasteiger partial charge in [0, 0.05) is 25.3 Å². The van der Waals surface area contributed by atoms with E-state index in [4.69, 9.17) is 9.88 Å². The maximum absolute atomic E-state index is 11.4. The van der Waals surface area contributed by atoms with Gasteiger partial charge in [0.15, 0.2) is 0 Å². The van der Waals surface area contributed by atoms with Crippen LogP contribution in [0.3, 0.4) is 0 Å². The van der Waals surface area contributed by atoms with E-state index in [2.05, 4.69) is 16.7 Å². The Morgan fingerprint density at radius 3 is 2.62 bits per heavy atom. The molecule has 0 aliphatic carbocycles. The average Bonchev–Trinajstić information content (AvgIpc) is 2.89. The Morgan fingerprint density at radius 1 is 1.24 bits per heavy atom. The number of hydrogen-bond acceptors (Lipinski definition) is 5. The smallest absolute Gasteiger partial charge is 0.238 e. The molecule has 0 amide bonds. The van der Waals surface area contributed by atoms with Gasteiger partial charge >= 0.3 is 0 Å². The molecule has 0 bridgehead atoms. The molecule has 3 rings (SSSR count). The fourth-order valence-corrected chi connectivity index (χ4v) is 3.68. The maximum Gasteiger partial charge on any atom is 0.238 e. The van der Waals surface area contributed by atoms with Gasteiger partial charge in [-0.3, -0.25) is 4.90 Å². The van der Waals surface area contributed by atoms with Gasteiger partial charge in [-0.15, -0.1) is 0 Å². The monoisotopic (exact) mass is 311 g/mol. The largest absolute Gasteiger partial charge is 0.379 e. The first-order valence-electron chi connectivity index (χ1n) is 7.21. The average molecular weight is 311 g/mol. The van der Waals surface area contributed by atoms with Crippen LogP contribution >= 0.6 is 0 Å². The van der Waals surface area contributed by atoms with Gasteiger partial charge in [0.05, 0.1) is 24.3 Å². The summed E-state index contributed by atoms with van der Waals surface area (Å²) in [7, 11) is -3.63. The number of rotatable bonds is 3. The molecule has 1 aromatic carbocycles. The molecule has 116 valence electrons. The highest BCUT2D eigenvalue weighted by molar-refractivity contribution is 7.89. The summed E-state index contributed by atoms with van der Waals surface area (Å²) in [5.41, 5.74) is 2.17. The van der Waals surface area contributed by atoms with E-state index < -0.39 is 10.0 Å². The zero-order chi connectivity index (χ0) is 15.0. The molecule has 1 saturated heterocycles. The van der Waals surface area contributed by atoms with Crippen LogP contribution in [0.25, 0.3) is 0 Å². The first kappa shape index (κ1) is 14.8. The normalized spacial score (nSPS) is 21.3. The SMILES string of the molecule is CC(N1CCOCC1)N1CCc2cc(S(N)(=O)=O)ccc21. The Morgan fingerprint density at radius 2 is 1.95 bits per heavy atom. The number of ether oxygens (including phenoxy) is 1.